The van der Waals surface area contributed by atoms with Crippen LogP contribution in [0, 0.1) is 5.41 Å². The Balaban J connectivity index is 3.20. The van der Waals surface area contributed by atoms with Crippen molar-refractivity contribution >= 4 is 12.2 Å². The zero-order valence-electron chi connectivity index (χ0n) is 2.32. The van der Waals surface area contributed by atoms with E-state index in [0.29, 0.717) is 0 Å². The number of rotatable bonds is 1. The minimum Gasteiger partial charge on any atom is -0.292 e. The lowest BCUT2D eigenvalue weighted by molar-refractivity contribution is -0.134. The van der Waals surface area contributed by atoms with Crippen molar-refractivity contribution in [2.24, 2.45) is 0 Å². The Labute approximate surface area is 28.7 Å². The SMILES string of the molecule is N=[C]C([O])=O. The fourth-order valence-electron chi connectivity index (χ4n) is 0. The third kappa shape index (κ3) is 3.14. The summed E-state index contributed by atoms with van der Waals surface area (Å²) in [6.45, 7) is 0. The molecule has 0 fully saturated rings. The standard InChI is InChI=1S/C2HNO2/c3-1-2(4)5/h3H. The molecule has 0 aromatic carbocycles. The van der Waals surface area contributed by atoms with Crippen LogP contribution in [0.25, 0.3) is 0 Å². The predicted molar refractivity (Wildman–Crippen MR) is 13.4 cm³/mol. The highest BCUT2D eigenvalue weighted by Gasteiger charge is 1.83. The fraction of sp³-hybridized carbons (Fsp3) is 0. The molecule has 2 radical (unpaired) electrons. The van der Waals surface area contributed by atoms with Crippen LogP contribution in [0.4, 0.5) is 0 Å². The van der Waals surface area contributed by atoms with E-state index in [2.05, 4.69) is 0 Å². The molecule has 5 heavy (non-hydrogen) atoms. The van der Waals surface area contributed by atoms with Gasteiger partial charge in [-0.15, -0.1) is 0 Å². The molecule has 0 spiro atoms. The Morgan fingerprint density at radius 2 is 2.00 bits per heavy atom. The van der Waals surface area contributed by atoms with Crippen LogP contribution in [0.3, 0.4) is 0 Å². The summed E-state index contributed by atoms with van der Waals surface area (Å²) in [7, 11) is 0. The molecule has 0 rings (SSSR count). The summed E-state index contributed by atoms with van der Waals surface area (Å²) in [4.78, 5) is 8.96. The molecule has 0 aliphatic rings. The first-order valence-electron chi connectivity index (χ1n) is 0.908. The Bertz CT molecular complexity index is 58.7. The zero-order valence-corrected chi connectivity index (χ0v) is 2.32. The second kappa shape index (κ2) is 1.46. The molecule has 1 N–H and O–H groups in total. The van der Waals surface area contributed by atoms with Crippen LogP contribution >= 0.6 is 0 Å². The van der Waals surface area contributed by atoms with Crippen molar-refractivity contribution in [1.82, 2.24) is 0 Å². The maximum absolute atomic E-state index is 8.96. The Kier molecular flexibility index (Phi) is 1.21. The number of carbonyl (C=O) groups is 1. The van der Waals surface area contributed by atoms with Crippen molar-refractivity contribution in [2.75, 3.05) is 0 Å². The summed E-state index contributed by atoms with van der Waals surface area (Å²) in [6.07, 6.45) is 1.08. The molecular formula is C2HNO2. The lowest BCUT2D eigenvalue weighted by Gasteiger charge is -1.53. The number of hydrogen-bond acceptors (Lipinski definition) is 2. The maximum Gasteiger partial charge on any atom is 0.406 e. The zero-order chi connectivity index (χ0) is 4.28. The van der Waals surface area contributed by atoms with Crippen LogP contribution < -0.4 is 0 Å². The van der Waals surface area contributed by atoms with E-state index in [1.54, 1.807) is 0 Å². The van der Waals surface area contributed by atoms with Gasteiger partial charge in [-0.1, -0.05) is 0 Å². The van der Waals surface area contributed by atoms with Gasteiger partial charge in [-0.2, -0.15) is 0 Å². The van der Waals surface area contributed by atoms with Gasteiger partial charge >= 0.3 is 5.97 Å². The van der Waals surface area contributed by atoms with Crippen LogP contribution in [0.2, 0.25) is 0 Å². The first-order valence-corrected chi connectivity index (χ1v) is 0.908. The quantitative estimate of drug-likeness (QED) is 0.415. The Hall–Kier alpha value is -0.860. The van der Waals surface area contributed by atoms with Crippen molar-refractivity contribution in [3.05, 3.63) is 0 Å². The lowest BCUT2D eigenvalue weighted by atomic mass is 10.8. The lowest BCUT2D eigenvalue weighted by Crippen LogP contribution is -1.88. The van der Waals surface area contributed by atoms with Crippen LogP contribution in [-0.2, 0) is 9.90 Å². The Morgan fingerprint density at radius 1 is 1.80 bits per heavy atom. The fourth-order valence-corrected chi connectivity index (χ4v) is 0. The van der Waals surface area contributed by atoms with E-state index in [-0.39, 0.29) is 0 Å². The summed E-state index contributed by atoms with van der Waals surface area (Å²) in [5.74, 6) is -1.58. The van der Waals surface area contributed by atoms with E-state index in [0.717, 1.165) is 6.21 Å². The van der Waals surface area contributed by atoms with Crippen molar-refractivity contribution in [3.63, 3.8) is 0 Å². The topological polar surface area (TPSA) is 60.8 Å². The van der Waals surface area contributed by atoms with Gasteiger partial charge in [0.25, 0.3) is 0 Å². The second-order valence-electron chi connectivity index (χ2n) is 0.412. The minimum absolute atomic E-state index is 1.08. The van der Waals surface area contributed by atoms with Gasteiger partial charge in [0.2, 0.25) is 0 Å². The summed E-state index contributed by atoms with van der Waals surface area (Å²) < 4.78 is 0. The molecule has 0 bridgehead atoms. The first-order chi connectivity index (χ1) is 2.27. The van der Waals surface area contributed by atoms with Crippen molar-refractivity contribution in [3.8, 4) is 0 Å². The molecule has 0 saturated heterocycles. The van der Waals surface area contributed by atoms with Gasteiger partial charge in [0.1, 0.15) is 0 Å². The van der Waals surface area contributed by atoms with Gasteiger partial charge < -0.3 is 0 Å². The van der Waals surface area contributed by atoms with E-state index in [1.807, 2.05) is 0 Å². The molecule has 0 aromatic heterocycles. The molecular weight excluding hydrogens is 70.0 g/mol. The van der Waals surface area contributed by atoms with Crippen LogP contribution in [0.1, 0.15) is 0 Å². The van der Waals surface area contributed by atoms with Crippen LogP contribution in [0.5, 0.6) is 0 Å². The Morgan fingerprint density at radius 3 is 2.00 bits per heavy atom. The van der Waals surface area contributed by atoms with Crippen molar-refractivity contribution in [2.45, 2.75) is 0 Å². The number of nitrogens with one attached hydrogen (secondary N) is 1. The van der Waals surface area contributed by atoms with Gasteiger partial charge in [0.05, 0.1) is 0 Å². The normalized spacial score (nSPS) is 6.40. The molecule has 26 valence electrons. The molecule has 0 atom stereocenters. The highest BCUT2D eigenvalue weighted by atomic mass is 16.4. The average molecular weight is 71.0 g/mol. The molecule has 0 aliphatic carbocycles. The molecule has 0 saturated carbocycles. The van der Waals surface area contributed by atoms with E-state index < -0.39 is 5.97 Å². The summed E-state index contributed by atoms with van der Waals surface area (Å²) in [5, 5.41) is 14.7. The summed E-state index contributed by atoms with van der Waals surface area (Å²) >= 11 is 0. The average Bonchev–Trinajstić information content (AvgIpc) is 1.38. The molecule has 0 aliphatic heterocycles. The van der Waals surface area contributed by atoms with Gasteiger partial charge in [0, 0.05) is 0 Å². The maximum atomic E-state index is 8.96. The highest BCUT2D eigenvalue weighted by molar-refractivity contribution is 6.20. The summed E-state index contributed by atoms with van der Waals surface area (Å²) in [5.41, 5.74) is 0. The van der Waals surface area contributed by atoms with Gasteiger partial charge in [0.15, 0.2) is 6.21 Å². The number of hydrogen-bond donors (Lipinski definition) is 1. The van der Waals surface area contributed by atoms with E-state index in [1.165, 1.54) is 0 Å². The molecule has 0 aromatic rings. The van der Waals surface area contributed by atoms with E-state index >= 15 is 0 Å². The molecule has 0 unspecified atom stereocenters. The smallest absolute Gasteiger partial charge is 0.292 e. The predicted octanol–water partition coefficient (Wildman–Crippen LogP) is -0.530. The van der Waals surface area contributed by atoms with Gasteiger partial charge in [-0.05, 0) is 0 Å². The van der Waals surface area contributed by atoms with Crippen molar-refractivity contribution < 1.29 is 9.90 Å². The highest BCUT2D eigenvalue weighted by Crippen LogP contribution is 1.43. The molecule has 0 heterocycles. The summed E-state index contributed by atoms with van der Waals surface area (Å²) in [6, 6.07) is 0. The largest absolute Gasteiger partial charge is 0.406 e. The van der Waals surface area contributed by atoms with E-state index in [9.17, 15) is 0 Å². The second-order valence-corrected chi connectivity index (χ2v) is 0.412. The van der Waals surface area contributed by atoms with Crippen LogP contribution in [0.15, 0.2) is 0 Å². The molecule has 3 heteroatoms. The third-order valence-electron chi connectivity index (χ3n) is 0.102. The van der Waals surface area contributed by atoms with Gasteiger partial charge in [-0.25, -0.2) is 9.90 Å². The number of carbonyl (C=O) groups excluding carboxylic acids is 1. The molecule has 3 nitrogen and oxygen atoms in total. The van der Waals surface area contributed by atoms with Gasteiger partial charge in [-0.3, -0.25) is 5.41 Å². The minimum atomic E-state index is -1.58. The first kappa shape index (κ1) is 4.14. The van der Waals surface area contributed by atoms with Crippen molar-refractivity contribution in [1.29, 1.82) is 5.41 Å². The van der Waals surface area contributed by atoms with Crippen LogP contribution in [-0.4, -0.2) is 12.2 Å². The van der Waals surface area contributed by atoms with E-state index in [4.69, 9.17) is 15.3 Å². The molecule has 0 amide bonds. The monoisotopic (exact) mass is 71.0 g/mol. The third-order valence-corrected chi connectivity index (χ3v) is 0.102.